The Hall–Kier alpha value is -0.290. The first-order valence-electron chi connectivity index (χ1n) is 5.18. The molecule has 0 spiro atoms. The van der Waals surface area contributed by atoms with Crippen LogP contribution in [0.5, 0.6) is 5.75 Å². The molecular formula is C12H18INO. The topological polar surface area (TPSA) is 21.3 Å². The van der Waals surface area contributed by atoms with Crippen LogP contribution in [0.4, 0.5) is 0 Å². The van der Waals surface area contributed by atoms with E-state index in [-0.39, 0.29) is 0 Å². The third kappa shape index (κ3) is 4.38. The fourth-order valence-corrected chi connectivity index (χ4v) is 1.93. The van der Waals surface area contributed by atoms with Gasteiger partial charge in [-0.25, -0.2) is 0 Å². The fourth-order valence-electron chi connectivity index (χ4n) is 1.55. The summed E-state index contributed by atoms with van der Waals surface area (Å²) in [7, 11) is 1.71. The molecule has 0 heterocycles. The van der Waals surface area contributed by atoms with E-state index in [1.54, 1.807) is 7.11 Å². The summed E-state index contributed by atoms with van der Waals surface area (Å²) in [4.78, 5) is 0. The summed E-state index contributed by atoms with van der Waals surface area (Å²) in [6, 6.07) is 6.30. The maximum absolute atomic E-state index is 5.18. The van der Waals surface area contributed by atoms with Crippen LogP contribution in [0.1, 0.15) is 17.5 Å². The lowest BCUT2D eigenvalue weighted by Gasteiger charge is -2.08. The van der Waals surface area contributed by atoms with E-state index in [0.717, 1.165) is 23.3 Å². The summed E-state index contributed by atoms with van der Waals surface area (Å²) < 4.78 is 6.21. The van der Waals surface area contributed by atoms with Crippen LogP contribution >= 0.6 is 22.6 Å². The number of methoxy groups -OCH3 is 1. The smallest absolute Gasteiger partial charge is 0.119 e. The molecule has 0 atom stereocenters. The largest absolute Gasteiger partial charge is 0.497 e. The molecule has 3 heteroatoms. The zero-order chi connectivity index (χ0) is 11.1. The first-order valence-corrected chi connectivity index (χ1v) is 6.70. The molecule has 1 aromatic carbocycles. The summed E-state index contributed by atoms with van der Waals surface area (Å²) in [5.74, 6) is 0.946. The van der Waals surface area contributed by atoms with Crippen molar-refractivity contribution in [2.45, 2.75) is 19.8 Å². The lowest BCUT2D eigenvalue weighted by molar-refractivity contribution is 0.414. The van der Waals surface area contributed by atoms with Crippen molar-refractivity contribution in [2.24, 2.45) is 0 Å². The van der Waals surface area contributed by atoms with E-state index >= 15 is 0 Å². The molecule has 1 aromatic rings. The monoisotopic (exact) mass is 319 g/mol. The highest BCUT2D eigenvalue weighted by molar-refractivity contribution is 14.1. The minimum Gasteiger partial charge on any atom is -0.497 e. The molecule has 0 fully saturated rings. The first-order chi connectivity index (χ1) is 7.27. The van der Waals surface area contributed by atoms with Crippen LogP contribution in [0.15, 0.2) is 18.2 Å². The Balaban J connectivity index is 2.47. The zero-order valence-electron chi connectivity index (χ0n) is 9.35. The van der Waals surface area contributed by atoms with Crippen molar-refractivity contribution in [1.29, 1.82) is 0 Å². The van der Waals surface area contributed by atoms with Crippen LogP contribution in [0.25, 0.3) is 0 Å². The number of hydrogen-bond acceptors (Lipinski definition) is 2. The number of halogens is 1. The number of hydrogen-bond donors (Lipinski definition) is 1. The Morgan fingerprint density at radius 1 is 1.40 bits per heavy atom. The Morgan fingerprint density at radius 2 is 2.20 bits per heavy atom. The van der Waals surface area contributed by atoms with Gasteiger partial charge in [0.2, 0.25) is 0 Å². The normalized spacial score (nSPS) is 10.3. The maximum atomic E-state index is 5.18. The average molecular weight is 319 g/mol. The predicted molar refractivity (Wildman–Crippen MR) is 72.9 cm³/mol. The molecule has 0 saturated carbocycles. The van der Waals surface area contributed by atoms with Crippen molar-refractivity contribution >= 4 is 22.6 Å². The summed E-state index contributed by atoms with van der Waals surface area (Å²) in [6.45, 7) is 3.23. The molecular weight excluding hydrogens is 301 g/mol. The number of nitrogens with one attached hydrogen (secondary N) is 1. The van der Waals surface area contributed by atoms with E-state index in [1.807, 2.05) is 6.07 Å². The van der Waals surface area contributed by atoms with E-state index in [0.29, 0.717) is 0 Å². The molecule has 0 aliphatic rings. The SMILES string of the molecule is COc1ccc(CCCNCI)c(C)c1. The molecule has 0 aliphatic carbocycles. The number of ether oxygens (including phenoxy) is 1. The van der Waals surface area contributed by atoms with Gasteiger partial charge in [0, 0.05) is 4.55 Å². The summed E-state index contributed by atoms with van der Waals surface area (Å²) in [5, 5.41) is 3.32. The van der Waals surface area contributed by atoms with Gasteiger partial charge < -0.3 is 10.1 Å². The van der Waals surface area contributed by atoms with Gasteiger partial charge in [-0.05, 0) is 49.6 Å². The fraction of sp³-hybridized carbons (Fsp3) is 0.500. The molecule has 15 heavy (non-hydrogen) atoms. The lowest BCUT2D eigenvalue weighted by Crippen LogP contribution is -2.12. The van der Waals surface area contributed by atoms with Gasteiger partial charge >= 0.3 is 0 Å². The van der Waals surface area contributed by atoms with Gasteiger partial charge in [-0.15, -0.1) is 0 Å². The van der Waals surface area contributed by atoms with Gasteiger partial charge in [0.15, 0.2) is 0 Å². The Kier molecular flexibility index (Phi) is 6.02. The molecule has 84 valence electrons. The molecule has 0 amide bonds. The lowest BCUT2D eigenvalue weighted by atomic mass is 10.0. The second-order valence-corrected chi connectivity index (χ2v) is 4.29. The van der Waals surface area contributed by atoms with Gasteiger partial charge in [0.25, 0.3) is 0 Å². The zero-order valence-corrected chi connectivity index (χ0v) is 11.5. The minimum absolute atomic E-state index is 0.946. The van der Waals surface area contributed by atoms with Crippen LogP contribution in [0.3, 0.4) is 0 Å². The molecule has 0 aliphatic heterocycles. The van der Waals surface area contributed by atoms with Gasteiger partial charge in [-0.1, -0.05) is 28.7 Å². The molecule has 0 aromatic heterocycles. The third-order valence-corrected chi connectivity index (χ3v) is 2.98. The molecule has 1 N–H and O–H groups in total. The van der Waals surface area contributed by atoms with Crippen LogP contribution in [-0.4, -0.2) is 18.2 Å². The van der Waals surface area contributed by atoms with E-state index in [9.17, 15) is 0 Å². The summed E-state index contributed by atoms with van der Waals surface area (Å²) >= 11 is 2.33. The molecule has 0 unspecified atom stereocenters. The maximum Gasteiger partial charge on any atom is 0.119 e. The Bertz CT molecular complexity index is 302. The van der Waals surface area contributed by atoms with Crippen LogP contribution in [-0.2, 0) is 6.42 Å². The van der Waals surface area contributed by atoms with Crippen LogP contribution in [0, 0.1) is 6.92 Å². The Morgan fingerprint density at radius 3 is 2.80 bits per heavy atom. The van der Waals surface area contributed by atoms with E-state index in [2.05, 4.69) is 47.0 Å². The molecule has 1 rings (SSSR count). The number of aryl methyl sites for hydroxylation is 2. The summed E-state index contributed by atoms with van der Waals surface area (Å²) in [5.41, 5.74) is 2.75. The number of rotatable bonds is 6. The molecule has 0 bridgehead atoms. The Labute approximate surface area is 106 Å². The highest BCUT2D eigenvalue weighted by Gasteiger charge is 1.99. The van der Waals surface area contributed by atoms with Crippen molar-refractivity contribution in [3.05, 3.63) is 29.3 Å². The standard InChI is InChI=1S/C12H18INO/c1-10-8-12(15-2)6-5-11(10)4-3-7-14-9-13/h5-6,8,14H,3-4,7,9H2,1-2H3. The van der Waals surface area contributed by atoms with Crippen molar-refractivity contribution in [1.82, 2.24) is 5.32 Å². The molecule has 0 saturated heterocycles. The molecule has 2 nitrogen and oxygen atoms in total. The van der Waals surface area contributed by atoms with Crippen LogP contribution in [0.2, 0.25) is 0 Å². The second-order valence-electron chi connectivity index (χ2n) is 3.53. The van der Waals surface area contributed by atoms with E-state index in [1.165, 1.54) is 17.5 Å². The van der Waals surface area contributed by atoms with E-state index in [4.69, 9.17) is 4.74 Å². The van der Waals surface area contributed by atoms with Crippen molar-refractivity contribution < 1.29 is 4.74 Å². The average Bonchev–Trinajstić information content (AvgIpc) is 2.26. The molecule has 0 radical (unpaired) electrons. The van der Waals surface area contributed by atoms with Crippen molar-refractivity contribution in [2.75, 3.05) is 18.2 Å². The minimum atomic E-state index is 0.946. The third-order valence-electron chi connectivity index (χ3n) is 2.44. The van der Waals surface area contributed by atoms with Crippen LogP contribution < -0.4 is 10.1 Å². The van der Waals surface area contributed by atoms with Gasteiger partial charge in [0.05, 0.1) is 7.11 Å². The number of benzene rings is 1. The number of alkyl halides is 1. The van der Waals surface area contributed by atoms with Gasteiger partial charge in [0.1, 0.15) is 5.75 Å². The predicted octanol–water partition coefficient (Wildman–Crippen LogP) is 2.92. The quantitative estimate of drug-likeness (QED) is 0.377. The highest BCUT2D eigenvalue weighted by Crippen LogP contribution is 2.17. The van der Waals surface area contributed by atoms with Gasteiger partial charge in [-0.3, -0.25) is 0 Å². The second kappa shape index (κ2) is 7.06. The first kappa shape index (κ1) is 12.8. The van der Waals surface area contributed by atoms with Crippen molar-refractivity contribution in [3.63, 3.8) is 0 Å². The summed E-state index contributed by atoms with van der Waals surface area (Å²) in [6.07, 6.45) is 2.33. The van der Waals surface area contributed by atoms with Gasteiger partial charge in [-0.2, -0.15) is 0 Å². The van der Waals surface area contributed by atoms with E-state index < -0.39 is 0 Å². The highest BCUT2D eigenvalue weighted by atomic mass is 127. The van der Waals surface area contributed by atoms with Crippen molar-refractivity contribution in [3.8, 4) is 5.75 Å².